The van der Waals surface area contributed by atoms with E-state index in [1.165, 1.54) is 6.07 Å². The van der Waals surface area contributed by atoms with Gasteiger partial charge in [-0.1, -0.05) is 22.0 Å². The predicted molar refractivity (Wildman–Crippen MR) is 69.2 cm³/mol. The van der Waals surface area contributed by atoms with E-state index in [1.807, 2.05) is 0 Å². The fraction of sp³-hybridized carbons (Fsp3) is 0.364. The number of carbonyl (C=O) groups is 1. The van der Waals surface area contributed by atoms with Crippen molar-refractivity contribution in [1.29, 1.82) is 0 Å². The van der Waals surface area contributed by atoms with Gasteiger partial charge in [0.1, 0.15) is 0 Å². The van der Waals surface area contributed by atoms with Crippen molar-refractivity contribution < 1.29 is 14.8 Å². The third-order valence-corrected chi connectivity index (χ3v) is 2.75. The van der Waals surface area contributed by atoms with E-state index >= 15 is 0 Å². The van der Waals surface area contributed by atoms with E-state index in [1.54, 1.807) is 12.1 Å². The van der Waals surface area contributed by atoms with Gasteiger partial charge in [0.25, 0.3) is 5.69 Å². The van der Waals surface area contributed by atoms with Crippen molar-refractivity contribution in [3.63, 3.8) is 0 Å². The number of carbonyl (C=O) groups excluding carboxylic acids is 1. The van der Waals surface area contributed by atoms with Gasteiger partial charge in [-0.25, -0.2) is 0 Å². The lowest BCUT2D eigenvalue weighted by Crippen LogP contribution is -2.26. The van der Waals surface area contributed by atoms with Crippen molar-refractivity contribution in [1.82, 2.24) is 5.32 Å². The molecule has 0 aromatic heterocycles. The molecule has 1 amide bonds. The molecule has 0 bridgehead atoms. The van der Waals surface area contributed by atoms with E-state index in [0.717, 1.165) is 0 Å². The van der Waals surface area contributed by atoms with Gasteiger partial charge >= 0.3 is 0 Å². The van der Waals surface area contributed by atoms with E-state index in [0.29, 0.717) is 23.0 Å². The zero-order valence-corrected chi connectivity index (χ0v) is 11.1. The lowest BCUT2D eigenvalue weighted by atomic mass is 10.1. The van der Waals surface area contributed by atoms with Crippen molar-refractivity contribution in [3.05, 3.63) is 38.3 Å². The summed E-state index contributed by atoms with van der Waals surface area (Å²) in [5.41, 5.74) is 0.284. The molecule has 0 aliphatic carbocycles. The van der Waals surface area contributed by atoms with Crippen molar-refractivity contribution in [2.75, 3.05) is 13.2 Å². The van der Waals surface area contributed by atoms with E-state index < -0.39 is 4.92 Å². The molecule has 0 saturated carbocycles. The molecule has 98 valence electrons. The summed E-state index contributed by atoms with van der Waals surface area (Å²) in [5.74, 6) is -0.297. The normalized spacial score (nSPS) is 10.1. The number of nitrogens with one attached hydrogen (secondary N) is 1. The minimum absolute atomic E-state index is 0.00128. The molecule has 0 unspecified atom stereocenters. The first-order valence-electron chi connectivity index (χ1n) is 5.35. The maximum atomic E-state index is 11.5. The summed E-state index contributed by atoms with van der Waals surface area (Å²) in [5, 5.41) is 22.0. The molecule has 0 saturated heterocycles. The molecule has 2 N–H and O–H groups in total. The molecule has 1 aromatic rings. The molecule has 0 fully saturated rings. The molecule has 7 heteroatoms. The van der Waals surface area contributed by atoms with Crippen LogP contribution in [0.2, 0.25) is 0 Å². The molecule has 0 aliphatic rings. The third-order valence-electron chi connectivity index (χ3n) is 2.25. The molecule has 0 spiro atoms. The molecule has 0 aliphatic heterocycles. The monoisotopic (exact) mass is 316 g/mol. The van der Waals surface area contributed by atoms with E-state index in [4.69, 9.17) is 5.11 Å². The van der Waals surface area contributed by atoms with E-state index in [9.17, 15) is 14.9 Å². The number of nitro groups is 1. The molecule has 0 heterocycles. The van der Waals surface area contributed by atoms with E-state index in [-0.39, 0.29) is 24.6 Å². The number of nitrogens with zero attached hydrogens (tertiary/aromatic N) is 1. The molecule has 18 heavy (non-hydrogen) atoms. The highest BCUT2D eigenvalue weighted by atomic mass is 79.9. The van der Waals surface area contributed by atoms with Gasteiger partial charge in [-0.2, -0.15) is 0 Å². The largest absolute Gasteiger partial charge is 0.396 e. The molecule has 1 aromatic carbocycles. The van der Waals surface area contributed by atoms with Gasteiger partial charge in [0.15, 0.2) is 0 Å². The second-order valence-electron chi connectivity index (χ2n) is 3.63. The number of nitro benzene ring substituents is 1. The third kappa shape index (κ3) is 4.42. The lowest BCUT2D eigenvalue weighted by Gasteiger charge is -2.05. The summed E-state index contributed by atoms with van der Waals surface area (Å²) in [7, 11) is 0. The Morgan fingerprint density at radius 2 is 2.22 bits per heavy atom. The number of aliphatic hydroxyl groups is 1. The Labute approximate surface area is 112 Å². The first-order chi connectivity index (χ1) is 8.54. The highest BCUT2D eigenvalue weighted by molar-refractivity contribution is 9.10. The Balaban J connectivity index is 2.72. The van der Waals surface area contributed by atoms with Gasteiger partial charge in [0.05, 0.1) is 11.3 Å². The van der Waals surface area contributed by atoms with Crippen LogP contribution in [-0.2, 0) is 11.2 Å². The lowest BCUT2D eigenvalue weighted by molar-refractivity contribution is -0.385. The first-order valence-corrected chi connectivity index (χ1v) is 6.14. The zero-order chi connectivity index (χ0) is 13.5. The van der Waals surface area contributed by atoms with Gasteiger partial charge in [0, 0.05) is 29.3 Å². The summed E-state index contributed by atoms with van der Waals surface area (Å²) < 4.78 is 0.596. The minimum atomic E-state index is -0.513. The number of halogens is 1. The number of hydrogen-bond donors (Lipinski definition) is 2. The Kier molecular flexibility index (Phi) is 5.73. The highest BCUT2D eigenvalue weighted by Crippen LogP contribution is 2.23. The van der Waals surface area contributed by atoms with Crippen LogP contribution < -0.4 is 5.32 Å². The fourth-order valence-electron chi connectivity index (χ4n) is 1.40. The van der Waals surface area contributed by atoms with Crippen LogP contribution in [0.15, 0.2) is 22.7 Å². The van der Waals surface area contributed by atoms with Crippen LogP contribution in [0.5, 0.6) is 0 Å². The van der Waals surface area contributed by atoms with Gasteiger partial charge < -0.3 is 10.4 Å². The summed E-state index contributed by atoms with van der Waals surface area (Å²) in [6.07, 6.45) is 0.420. The Hall–Kier alpha value is -1.47. The van der Waals surface area contributed by atoms with Gasteiger partial charge in [-0.15, -0.1) is 0 Å². The van der Waals surface area contributed by atoms with Gasteiger partial charge in [-0.3, -0.25) is 14.9 Å². The Morgan fingerprint density at radius 3 is 2.83 bits per heavy atom. The zero-order valence-electron chi connectivity index (χ0n) is 9.56. The SMILES string of the molecule is O=C(Cc1ccc(Br)cc1[N+](=O)[O-])NCCCO. The standard InChI is InChI=1S/C11H13BrN2O4/c12-9-3-2-8(10(7-9)14(17)18)6-11(16)13-4-1-5-15/h2-3,7,15H,1,4-6H2,(H,13,16). The second kappa shape index (κ2) is 7.07. The van der Waals surface area contributed by atoms with Crippen LogP contribution in [0, 0.1) is 10.1 Å². The number of amides is 1. The Morgan fingerprint density at radius 1 is 1.50 bits per heavy atom. The van der Waals surface area contributed by atoms with Gasteiger partial charge in [0.2, 0.25) is 5.91 Å². The van der Waals surface area contributed by atoms with Crippen molar-refractivity contribution >= 4 is 27.5 Å². The first kappa shape index (κ1) is 14.6. The van der Waals surface area contributed by atoms with Crippen LogP contribution in [0.3, 0.4) is 0 Å². The average molecular weight is 317 g/mol. The molecular weight excluding hydrogens is 304 g/mol. The van der Waals surface area contributed by atoms with Crippen LogP contribution in [-0.4, -0.2) is 29.1 Å². The van der Waals surface area contributed by atoms with Gasteiger partial charge in [-0.05, 0) is 12.5 Å². The molecule has 1 rings (SSSR count). The van der Waals surface area contributed by atoms with Crippen LogP contribution in [0.1, 0.15) is 12.0 Å². The van der Waals surface area contributed by atoms with Crippen molar-refractivity contribution in [3.8, 4) is 0 Å². The molecule has 0 atom stereocenters. The summed E-state index contributed by atoms with van der Waals surface area (Å²) in [4.78, 5) is 21.8. The average Bonchev–Trinajstić information content (AvgIpc) is 2.31. The number of aliphatic hydroxyl groups excluding tert-OH is 1. The second-order valence-corrected chi connectivity index (χ2v) is 4.55. The Bertz CT molecular complexity index is 451. The smallest absolute Gasteiger partial charge is 0.274 e. The summed E-state index contributed by atoms with van der Waals surface area (Å²) in [6.45, 7) is 0.359. The maximum absolute atomic E-state index is 11.5. The van der Waals surface area contributed by atoms with Crippen LogP contribution in [0.4, 0.5) is 5.69 Å². The molecular formula is C11H13BrN2O4. The topological polar surface area (TPSA) is 92.5 Å². The quantitative estimate of drug-likeness (QED) is 0.471. The van der Waals surface area contributed by atoms with E-state index in [2.05, 4.69) is 21.2 Å². The molecule has 6 nitrogen and oxygen atoms in total. The highest BCUT2D eigenvalue weighted by Gasteiger charge is 2.16. The number of rotatable bonds is 6. The summed E-state index contributed by atoms with van der Waals surface area (Å²) in [6, 6.07) is 4.58. The fourth-order valence-corrected chi connectivity index (χ4v) is 1.75. The number of benzene rings is 1. The minimum Gasteiger partial charge on any atom is -0.396 e. The van der Waals surface area contributed by atoms with Crippen molar-refractivity contribution in [2.45, 2.75) is 12.8 Å². The van der Waals surface area contributed by atoms with Crippen LogP contribution in [0.25, 0.3) is 0 Å². The summed E-state index contributed by atoms with van der Waals surface area (Å²) >= 11 is 3.15. The number of hydrogen-bond acceptors (Lipinski definition) is 4. The maximum Gasteiger partial charge on any atom is 0.274 e. The predicted octanol–water partition coefficient (Wildman–Crippen LogP) is 1.40. The van der Waals surface area contributed by atoms with Crippen molar-refractivity contribution in [2.24, 2.45) is 0 Å². The molecule has 0 radical (unpaired) electrons. The van der Waals surface area contributed by atoms with Crippen LogP contribution >= 0.6 is 15.9 Å².